The van der Waals surface area contributed by atoms with Gasteiger partial charge < -0.3 is 23.8 Å². The van der Waals surface area contributed by atoms with Gasteiger partial charge in [0.25, 0.3) is 5.91 Å². The number of carbonyl (C=O) groups excluding carboxylic acids is 1. The topological polar surface area (TPSA) is 80.7 Å². The van der Waals surface area contributed by atoms with Gasteiger partial charge >= 0.3 is 0 Å². The molecule has 29 heavy (non-hydrogen) atoms. The number of ether oxygens (including phenoxy) is 1. The molecule has 4 aromatic heterocycles. The van der Waals surface area contributed by atoms with Gasteiger partial charge in [0.2, 0.25) is 0 Å². The van der Waals surface area contributed by atoms with Gasteiger partial charge in [-0.1, -0.05) is 0 Å². The zero-order valence-electron chi connectivity index (χ0n) is 16.0. The molecule has 7 nitrogen and oxygen atoms in total. The fourth-order valence-corrected chi connectivity index (χ4v) is 4.92. The molecular formula is C21H19N3O4S. The minimum absolute atomic E-state index is 0.0828. The van der Waals surface area contributed by atoms with E-state index in [4.69, 9.17) is 13.6 Å². The fraction of sp³-hybridized carbons (Fsp3) is 0.238. The third-order valence-corrected chi connectivity index (χ3v) is 6.01. The Kier molecular flexibility index (Phi) is 4.37. The van der Waals surface area contributed by atoms with E-state index in [9.17, 15) is 4.79 Å². The van der Waals surface area contributed by atoms with Crippen LogP contribution in [0, 0.1) is 6.92 Å². The number of carbonyl (C=O) groups is 1. The van der Waals surface area contributed by atoms with Crippen molar-refractivity contribution in [1.82, 2.24) is 9.88 Å². The highest BCUT2D eigenvalue weighted by Crippen LogP contribution is 2.44. The van der Waals surface area contributed by atoms with Crippen molar-refractivity contribution in [3.63, 3.8) is 0 Å². The second-order valence-corrected chi connectivity index (χ2v) is 7.92. The minimum Gasteiger partial charge on any atom is -0.467 e. The Morgan fingerprint density at radius 2 is 2.10 bits per heavy atom. The molecule has 1 N–H and O–H groups in total. The quantitative estimate of drug-likeness (QED) is 0.514. The lowest BCUT2D eigenvalue weighted by Gasteiger charge is -2.35. The summed E-state index contributed by atoms with van der Waals surface area (Å²) in [6.07, 6.45) is 2.76. The zero-order chi connectivity index (χ0) is 20.0. The van der Waals surface area contributed by atoms with Crippen LogP contribution in [0.1, 0.15) is 38.6 Å². The number of thiophene rings is 1. The van der Waals surface area contributed by atoms with Gasteiger partial charge in [0.1, 0.15) is 21.2 Å². The third kappa shape index (κ3) is 3.01. The van der Waals surface area contributed by atoms with Gasteiger partial charge in [-0.05, 0) is 42.8 Å². The Labute approximate surface area is 170 Å². The summed E-state index contributed by atoms with van der Waals surface area (Å²) in [5.41, 5.74) is 2.68. The van der Waals surface area contributed by atoms with Crippen LogP contribution < -0.4 is 5.32 Å². The van der Waals surface area contributed by atoms with Crippen LogP contribution in [0.2, 0.25) is 0 Å². The number of pyridine rings is 1. The maximum Gasteiger partial charge on any atom is 0.268 e. The zero-order valence-corrected chi connectivity index (χ0v) is 16.8. The first kappa shape index (κ1) is 18.0. The number of aromatic nitrogens is 1. The predicted octanol–water partition coefficient (Wildman–Crippen LogP) is 4.70. The van der Waals surface area contributed by atoms with Crippen molar-refractivity contribution in [2.24, 2.45) is 0 Å². The maximum atomic E-state index is 13.5. The number of methoxy groups -OCH3 is 1. The summed E-state index contributed by atoms with van der Waals surface area (Å²) in [6.45, 7) is 2.72. The fourth-order valence-electron chi connectivity index (χ4n) is 3.74. The van der Waals surface area contributed by atoms with Gasteiger partial charge in [-0.3, -0.25) is 4.79 Å². The number of hydrogen-bond acceptors (Lipinski definition) is 7. The smallest absolute Gasteiger partial charge is 0.268 e. The highest BCUT2D eigenvalue weighted by atomic mass is 32.1. The molecule has 0 spiro atoms. The van der Waals surface area contributed by atoms with Crippen molar-refractivity contribution in [3.8, 4) is 0 Å². The molecule has 1 aliphatic rings. The Balaban J connectivity index is 1.67. The van der Waals surface area contributed by atoms with Crippen LogP contribution in [0.4, 0.5) is 5.69 Å². The third-order valence-electron chi connectivity index (χ3n) is 4.94. The first-order chi connectivity index (χ1) is 14.2. The molecule has 0 saturated heterocycles. The second-order valence-electron chi connectivity index (χ2n) is 6.92. The maximum absolute atomic E-state index is 13.5. The van der Waals surface area contributed by atoms with Crippen molar-refractivity contribution in [1.29, 1.82) is 0 Å². The average molecular weight is 409 g/mol. The van der Waals surface area contributed by atoms with Crippen LogP contribution in [-0.2, 0) is 17.9 Å². The molecule has 0 unspecified atom stereocenters. The molecule has 0 aliphatic carbocycles. The molecule has 1 amide bonds. The highest BCUT2D eigenvalue weighted by Gasteiger charge is 2.38. The largest absolute Gasteiger partial charge is 0.467 e. The van der Waals surface area contributed by atoms with Crippen LogP contribution >= 0.6 is 11.3 Å². The van der Waals surface area contributed by atoms with Gasteiger partial charge in [-0.2, -0.15) is 0 Å². The monoisotopic (exact) mass is 409 g/mol. The Morgan fingerprint density at radius 1 is 1.28 bits per heavy atom. The van der Waals surface area contributed by atoms with Crippen molar-refractivity contribution in [3.05, 3.63) is 70.5 Å². The molecule has 8 heteroatoms. The SMILES string of the molecule is COCc1cc(C)nc2sc3c(c12)N[C@H](c1ccco1)N(Cc1ccco1)C3=O. The van der Waals surface area contributed by atoms with Crippen LogP contribution in [-0.4, -0.2) is 22.9 Å². The number of amides is 1. The Bertz CT molecular complexity index is 1160. The normalized spacial score (nSPS) is 16.3. The second kappa shape index (κ2) is 7.06. The first-order valence-corrected chi connectivity index (χ1v) is 10.0. The molecule has 1 atom stereocenters. The Hall–Kier alpha value is -3.10. The van der Waals surface area contributed by atoms with Crippen molar-refractivity contribution in [2.45, 2.75) is 26.2 Å². The molecule has 0 fully saturated rings. The van der Waals surface area contributed by atoms with Crippen LogP contribution in [0.3, 0.4) is 0 Å². The van der Waals surface area contributed by atoms with Gasteiger partial charge in [0.15, 0.2) is 6.17 Å². The standard InChI is InChI=1S/C21H19N3O4S/c1-12-9-13(11-26-2)16-17-18(29-20(16)22-12)21(25)24(10-14-5-3-7-27-14)19(23-17)15-6-4-8-28-15/h3-9,19,23H,10-11H2,1-2H3/t19-/m0/s1. The number of hydrogen-bond donors (Lipinski definition) is 1. The van der Waals surface area contributed by atoms with E-state index >= 15 is 0 Å². The lowest BCUT2D eigenvalue weighted by atomic mass is 10.1. The molecule has 1 aliphatic heterocycles. The van der Waals surface area contributed by atoms with Crippen LogP contribution in [0.15, 0.2) is 51.7 Å². The number of fused-ring (bicyclic) bond motifs is 3. The number of aryl methyl sites for hydroxylation is 1. The number of furan rings is 2. The summed E-state index contributed by atoms with van der Waals surface area (Å²) in [4.78, 5) is 21.4. The summed E-state index contributed by atoms with van der Waals surface area (Å²) >= 11 is 1.40. The number of anilines is 1. The molecular weight excluding hydrogens is 390 g/mol. The number of nitrogens with one attached hydrogen (secondary N) is 1. The molecule has 0 saturated carbocycles. The summed E-state index contributed by atoms with van der Waals surface area (Å²) in [7, 11) is 1.66. The summed E-state index contributed by atoms with van der Waals surface area (Å²) < 4.78 is 16.5. The van der Waals surface area contributed by atoms with Gasteiger partial charge in [0.05, 0.1) is 31.4 Å². The van der Waals surface area contributed by atoms with E-state index in [1.807, 2.05) is 37.3 Å². The number of rotatable bonds is 5. The summed E-state index contributed by atoms with van der Waals surface area (Å²) in [6, 6.07) is 9.34. The minimum atomic E-state index is -0.454. The van der Waals surface area contributed by atoms with E-state index in [0.717, 1.165) is 27.2 Å². The van der Waals surface area contributed by atoms with Gasteiger partial charge in [0, 0.05) is 18.2 Å². The lowest BCUT2D eigenvalue weighted by molar-refractivity contribution is 0.0635. The molecule has 0 aromatic carbocycles. The molecule has 4 aromatic rings. The average Bonchev–Trinajstić information content (AvgIpc) is 3.44. The molecule has 148 valence electrons. The van der Waals surface area contributed by atoms with Crippen molar-refractivity contribution < 1.29 is 18.4 Å². The summed E-state index contributed by atoms with van der Waals surface area (Å²) in [5.74, 6) is 1.28. The van der Waals surface area contributed by atoms with Crippen LogP contribution in [0.5, 0.6) is 0 Å². The number of nitrogens with zero attached hydrogens (tertiary/aromatic N) is 2. The van der Waals surface area contributed by atoms with Crippen LogP contribution in [0.25, 0.3) is 10.2 Å². The molecule has 5 rings (SSSR count). The molecule has 0 bridgehead atoms. The van der Waals surface area contributed by atoms with E-state index in [1.54, 1.807) is 24.5 Å². The van der Waals surface area contributed by atoms with Crippen molar-refractivity contribution in [2.75, 3.05) is 12.4 Å². The van der Waals surface area contributed by atoms with Gasteiger partial charge in [-0.15, -0.1) is 11.3 Å². The first-order valence-electron chi connectivity index (χ1n) is 9.21. The van der Waals surface area contributed by atoms with Crippen molar-refractivity contribution >= 4 is 33.1 Å². The van der Waals surface area contributed by atoms with Gasteiger partial charge in [-0.25, -0.2) is 4.98 Å². The van der Waals surface area contributed by atoms with E-state index in [0.29, 0.717) is 29.5 Å². The molecule has 5 heterocycles. The molecule has 0 radical (unpaired) electrons. The lowest BCUT2D eigenvalue weighted by Crippen LogP contribution is -2.41. The van der Waals surface area contributed by atoms with E-state index in [2.05, 4.69) is 10.3 Å². The summed E-state index contributed by atoms with van der Waals surface area (Å²) in [5, 5.41) is 4.45. The predicted molar refractivity (Wildman–Crippen MR) is 109 cm³/mol. The van der Waals surface area contributed by atoms with E-state index in [-0.39, 0.29) is 5.91 Å². The van der Waals surface area contributed by atoms with E-state index in [1.165, 1.54) is 11.3 Å². The van der Waals surface area contributed by atoms with E-state index < -0.39 is 6.17 Å². The highest BCUT2D eigenvalue weighted by molar-refractivity contribution is 7.21. The Morgan fingerprint density at radius 3 is 2.83 bits per heavy atom.